The third-order valence-electron chi connectivity index (χ3n) is 4.35. The Morgan fingerprint density at radius 1 is 1.29 bits per heavy atom. The van der Waals surface area contributed by atoms with Crippen molar-refractivity contribution >= 4 is 0 Å². The second-order valence-corrected chi connectivity index (χ2v) is 5.53. The Kier molecular flexibility index (Phi) is 3.17. The van der Waals surface area contributed by atoms with E-state index in [1.807, 2.05) is 0 Å². The number of likely N-dealkylation sites (tertiary alicyclic amines) is 1. The lowest BCUT2D eigenvalue weighted by Gasteiger charge is -2.33. The quantitative estimate of drug-likeness (QED) is 0.857. The zero-order valence-corrected chi connectivity index (χ0v) is 10.3. The van der Waals surface area contributed by atoms with Crippen molar-refractivity contribution in [3.63, 3.8) is 0 Å². The van der Waals surface area contributed by atoms with Crippen molar-refractivity contribution in [2.75, 3.05) is 26.2 Å². The van der Waals surface area contributed by atoms with Gasteiger partial charge in [-0.05, 0) is 42.9 Å². The number of aliphatic hydroxyl groups excluding tert-OH is 1. The summed E-state index contributed by atoms with van der Waals surface area (Å²) in [7, 11) is 0. The van der Waals surface area contributed by atoms with Gasteiger partial charge in [0.05, 0.1) is 0 Å². The zero-order valence-electron chi connectivity index (χ0n) is 10.3. The molecule has 0 spiro atoms. The standard InChI is InChI=1S/C15H21NO/c17-8-6-12-5-7-16(10-12)11-14-9-13-3-1-2-4-15(13)14/h1-4,12,14,17H,5-11H2. The molecule has 1 saturated heterocycles. The molecule has 0 amide bonds. The second-order valence-electron chi connectivity index (χ2n) is 5.53. The van der Waals surface area contributed by atoms with Crippen LogP contribution in [0, 0.1) is 5.92 Å². The molecule has 2 heteroatoms. The monoisotopic (exact) mass is 231 g/mol. The third-order valence-corrected chi connectivity index (χ3v) is 4.35. The predicted octanol–water partition coefficient (Wildman–Crippen LogP) is 2.03. The maximum Gasteiger partial charge on any atom is 0.0434 e. The van der Waals surface area contributed by atoms with Gasteiger partial charge in [-0.3, -0.25) is 0 Å². The van der Waals surface area contributed by atoms with Gasteiger partial charge in [-0.2, -0.15) is 0 Å². The highest BCUT2D eigenvalue weighted by molar-refractivity contribution is 5.40. The van der Waals surface area contributed by atoms with Gasteiger partial charge < -0.3 is 10.0 Å². The molecular weight excluding hydrogens is 210 g/mol. The molecule has 2 atom stereocenters. The molecule has 17 heavy (non-hydrogen) atoms. The van der Waals surface area contributed by atoms with E-state index in [1.54, 1.807) is 11.1 Å². The third kappa shape index (κ3) is 2.24. The van der Waals surface area contributed by atoms with Crippen LogP contribution in [0.25, 0.3) is 0 Å². The molecule has 0 radical (unpaired) electrons. The van der Waals surface area contributed by atoms with Crippen LogP contribution in [-0.4, -0.2) is 36.2 Å². The summed E-state index contributed by atoms with van der Waals surface area (Å²) >= 11 is 0. The minimum Gasteiger partial charge on any atom is -0.396 e. The fourth-order valence-electron chi connectivity index (χ4n) is 3.33. The van der Waals surface area contributed by atoms with Crippen molar-refractivity contribution in [2.24, 2.45) is 5.92 Å². The molecule has 1 N–H and O–H groups in total. The summed E-state index contributed by atoms with van der Waals surface area (Å²) in [6, 6.07) is 8.83. The SMILES string of the molecule is OCCC1CCN(CC2Cc3ccccc32)C1. The van der Waals surface area contributed by atoms with Gasteiger partial charge in [-0.25, -0.2) is 0 Å². The number of aliphatic hydroxyl groups is 1. The zero-order chi connectivity index (χ0) is 11.7. The van der Waals surface area contributed by atoms with Gasteiger partial charge in [0.2, 0.25) is 0 Å². The molecule has 1 aliphatic heterocycles. The van der Waals surface area contributed by atoms with Crippen LogP contribution < -0.4 is 0 Å². The lowest BCUT2D eigenvalue weighted by molar-refractivity contribution is 0.245. The van der Waals surface area contributed by atoms with E-state index >= 15 is 0 Å². The molecule has 1 aromatic rings. The van der Waals surface area contributed by atoms with E-state index < -0.39 is 0 Å². The van der Waals surface area contributed by atoms with Crippen molar-refractivity contribution in [2.45, 2.75) is 25.2 Å². The van der Waals surface area contributed by atoms with E-state index in [1.165, 1.54) is 32.5 Å². The topological polar surface area (TPSA) is 23.5 Å². The Balaban J connectivity index is 1.53. The highest BCUT2D eigenvalue weighted by Gasteiger charge is 2.30. The van der Waals surface area contributed by atoms with Crippen LogP contribution in [0.3, 0.4) is 0 Å². The van der Waals surface area contributed by atoms with Crippen LogP contribution in [0.2, 0.25) is 0 Å². The predicted molar refractivity (Wildman–Crippen MR) is 69.1 cm³/mol. The summed E-state index contributed by atoms with van der Waals surface area (Å²) in [4.78, 5) is 2.58. The first-order valence-electron chi connectivity index (χ1n) is 6.78. The fourth-order valence-corrected chi connectivity index (χ4v) is 3.33. The summed E-state index contributed by atoms with van der Waals surface area (Å²) in [6.07, 6.45) is 3.52. The van der Waals surface area contributed by atoms with Crippen molar-refractivity contribution in [3.8, 4) is 0 Å². The van der Waals surface area contributed by atoms with Gasteiger partial charge in [0.15, 0.2) is 0 Å². The summed E-state index contributed by atoms with van der Waals surface area (Å²) in [5, 5.41) is 8.96. The summed E-state index contributed by atoms with van der Waals surface area (Å²) < 4.78 is 0. The molecule has 1 fully saturated rings. The van der Waals surface area contributed by atoms with E-state index in [2.05, 4.69) is 29.2 Å². The molecule has 92 valence electrons. The second kappa shape index (κ2) is 4.79. The molecule has 2 aliphatic rings. The molecular formula is C15H21NO. The van der Waals surface area contributed by atoms with Crippen molar-refractivity contribution < 1.29 is 5.11 Å². The Hall–Kier alpha value is -0.860. The average Bonchev–Trinajstić information content (AvgIpc) is 2.74. The van der Waals surface area contributed by atoms with Gasteiger partial charge in [0.1, 0.15) is 0 Å². The first-order chi connectivity index (χ1) is 8.36. The largest absolute Gasteiger partial charge is 0.396 e. The summed E-state index contributed by atoms with van der Waals surface area (Å²) in [5.74, 6) is 1.49. The minimum absolute atomic E-state index is 0.352. The van der Waals surface area contributed by atoms with Gasteiger partial charge >= 0.3 is 0 Å². The Morgan fingerprint density at radius 2 is 2.18 bits per heavy atom. The maximum absolute atomic E-state index is 8.96. The van der Waals surface area contributed by atoms with Gasteiger partial charge in [0.25, 0.3) is 0 Å². The van der Waals surface area contributed by atoms with Crippen LogP contribution in [0.5, 0.6) is 0 Å². The first-order valence-corrected chi connectivity index (χ1v) is 6.78. The number of hydrogen-bond donors (Lipinski definition) is 1. The fraction of sp³-hybridized carbons (Fsp3) is 0.600. The van der Waals surface area contributed by atoms with Gasteiger partial charge in [0, 0.05) is 25.6 Å². The molecule has 0 aromatic heterocycles. The normalized spacial score (nSPS) is 27.8. The lowest BCUT2D eigenvalue weighted by atomic mass is 9.77. The number of fused-ring (bicyclic) bond motifs is 1. The Bertz CT molecular complexity index is 390. The number of hydrogen-bond acceptors (Lipinski definition) is 2. The van der Waals surface area contributed by atoms with Crippen LogP contribution in [0.1, 0.15) is 29.9 Å². The molecule has 0 saturated carbocycles. The van der Waals surface area contributed by atoms with E-state index in [4.69, 9.17) is 5.11 Å². The maximum atomic E-state index is 8.96. The van der Waals surface area contributed by atoms with E-state index in [0.29, 0.717) is 6.61 Å². The van der Waals surface area contributed by atoms with Crippen molar-refractivity contribution in [1.82, 2.24) is 4.90 Å². The van der Waals surface area contributed by atoms with E-state index in [9.17, 15) is 0 Å². The molecule has 2 unspecified atom stereocenters. The molecule has 1 aliphatic carbocycles. The summed E-state index contributed by atoms with van der Waals surface area (Å²) in [6.45, 7) is 3.99. The first kappa shape index (κ1) is 11.2. The van der Waals surface area contributed by atoms with Crippen LogP contribution in [0.15, 0.2) is 24.3 Å². The van der Waals surface area contributed by atoms with E-state index in [0.717, 1.165) is 18.3 Å². The number of nitrogens with zero attached hydrogens (tertiary/aromatic N) is 1. The Morgan fingerprint density at radius 3 is 3.00 bits per heavy atom. The van der Waals surface area contributed by atoms with Gasteiger partial charge in [-0.1, -0.05) is 24.3 Å². The molecule has 2 nitrogen and oxygen atoms in total. The highest BCUT2D eigenvalue weighted by atomic mass is 16.3. The van der Waals surface area contributed by atoms with Crippen LogP contribution in [0.4, 0.5) is 0 Å². The lowest BCUT2D eigenvalue weighted by Crippen LogP contribution is -2.32. The smallest absolute Gasteiger partial charge is 0.0434 e. The molecule has 3 rings (SSSR count). The number of benzene rings is 1. The molecule has 1 heterocycles. The molecule has 0 bridgehead atoms. The van der Waals surface area contributed by atoms with Crippen molar-refractivity contribution in [3.05, 3.63) is 35.4 Å². The van der Waals surface area contributed by atoms with Crippen LogP contribution in [-0.2, 0) is 6.42 Å². The minimum atomic E-state index is 0.352. The van der Waals surface area contributed by atoms with Crippen LogP contribution >= 0.6 is 0 Å². The molecule has 1 aromatic carbocycles. The Labute approximate surface area is 103 Å². The van der Waals surface area contributed by atoms with Crippen molar-refractivity contribution in [1.29, 1.82) is 0 Å². The van der Waals surface area contributed by atoms with E-state index in [-0.39, 0.29) is 0 Å². The van der Waals surface area contributed by atoms with Gasteiger partial charge in [-0.15, -0.1) is 0 Å². The number of rotatable bonds is 4. The summed E-state index contributed by atoms with van der Waals surface area (Å²) in [5.41, 5.74) is 3.11. The highest BCUT2D eigenvalue weighted by Crippen LogP contribution is 2.36. The average molecular weight is 231 g/mol.